The van der Waals surface area contributed by atoms with Crippen LogP contribution in [0.3, 0.4) is 0 Å². The first kappa shape index (κ1) is 6.84. The van der Waals surface area contributed by atoms with Crippen molar-refractivity contribution in [2.45, 2.75) is 12.6 Å². The minimum Gasteiger partial charge on any atom is -0.310 e. The maximum atomic E-state index is 11.1. The van der Waals surface area contributed by atoms with E-state index in [2.05, 4.69) is 16.0 Å². The quantitative estimate of drug-likeness (QED) is 0.319. The minimum atomic E-state index is -0.436. The third-order valence-electron chi connectivity index (χ3n) is 1.88. The van der Waals surface area contributed by atoms with Gasteiger partial charge in [0, 0.05) is 13.1 Å². The molecule has 0 aliphatic carbocycles. The molecule has 2 rings (SSSR count). The number of nitrogens with zero attached hydrogens (tertiary/aromatic N) is 1. The van der Waals surface area contributed by atoms with E-state index in [1.54, 1.807) is 4.90 Å². The number of nitrogens with one attached hydrogen (secondary N) is 3. The molecular formula is C5H11N5O. The molecular weight excluding hydrogens is 146 g/mol. The molecule has 6 nitrogen and oxygen atoms in total. The van der Waals surface area contributed by atoms with Crippen molar-refractivity contribution in [3.63, 3.8) is 0 Å². The molecule has 0 spiro atoms. The standard InChI is InChI=1S/C5H11N5O/c6-3-8-4-7-1-2-10(4)5(11)9-3/h3-4,7-8H,1-2,6H2,(H,9,11). The van der Waals surface area contributed by atoms with Gasteiger partial charge in [-0.2, -0.15) is 0 Å². The van der Waals surface area contributed by atoms with Crippen molar-refractivity contribution in [1.29, 1.82) is 0 Å². The summed E-state index contributed by atoms with van der Waals surface area (Å²) in [6.45, 7) is 1.55. The smallest absolute Gasteiger partial charge is 0.310 e. The second-order valence-corrected chi connectivity index (χ2v) is 2.64. The Kier molecular flexibility index (Phi) is 1.45. The molecule has 5 N–H and O–H groups in total. The molecule has 2 heterocycles. The van der Waals surface area contributed by atoms with Gasteiger partial charge in [0.1, 0.15) is 12.6 Å². The van der Waals surface area contributed by atoms with Crippen LogP contribution in [0.4, 0.5) is 4.79 Å². The van der Waals surface area contributed by atoms with Gasteiger partial charge in [-0.15, -0.1) is 0 Å². The van der Waals surface area contributed by atoms with E-state index in [9.17, 15) is 4.79 Å². The molecule has 2 amide bonds. The van der Waals surface area contributed by atoms with Crippen LogP contribution in [0, 0.1) is 0 Å². The van der Waals surface area contributed by atoms with Crippen LogP contribution in [-0.2, 0) is 0 Å². The van der Waals surface area contributed by atoms with Gasteiger partial charge in [-0.1, -0.05) is 0 Å². The predicted molar refractivity (Wildman–Crippen MR) is 38.1 cm³/mol. The van der Waals surface area contributed by atoms with Crippen LogP contribution in [0.15, 0.2) is 0 Å². The van der Waals surface area contributed by atoms with Crippen molar-refractivity contribution in [3.05, 3.63) is 0 Å². The molecule has 2 aliphatic rings. The number of hydrogen-bond acceptors (Lipinski definition) is 4. The van der Waals surface area contributed by atoms with E-state index >= 15 is 0 Å². The topological polar surface area (TPSA) is 82.4 Å². The van der Waals surface area contributed by atoms with Gasteiger partial charge >= 0.3 is 6.03 Å². The van der Waals surface area contributed by atoms with Gasteiger partial charge in [-0.25, -0.2) is 4.79 Å². The van der Waals surface area contributed by atoms with Gasteiger partial charge < -0.3 is 5.32 Å². The van der Waals surface area contributed by atoms with Crippen LogP contribution in [0.25, 0.3) is 0 Å². The van der Waals surface area contributed by atoms with Crippen molar-refractivity contribution in [2.75, 3.05) is 13.1 Å². The zero-order valence-electron chi connectivity index (χ0n) is 6.00. The fraction of sp³-hybridized carbons (Fsp3) is 0.800. The first-order chi connectivity index (χ1) is 5.27. The van der Waals surface area contributed by atoms with E-state index in [0.717, 1.165) is 13.1 Å². The van der Waals surface area contributed by atoms with Crippen LogP contribution in [0.5, 0.6) is 0 Å². The van der Waals surface area contributed by atoms with Gasteiger partial charge in [0.25, 0.3) is 0 Å². The number of hydrogen-bond donors (Lipinski definition) is 4. The largest absolute Gasteiger partial charge is 0.321 e. The maximum Gasteiger partial charge on any atom is 0.321 e. The van der Waals surface area contributed by atoms with Crippen LogP contribution in [0.1, 0.15) is 0 Å². The Morgan fingerprint density at radius 1 is 1.64 bits per heavy atom. The summed E-state index contributed by atoms with van der Waals surface area (Å²) >= 11 is 0. The Morgan fingerprint density at radius 3 is 3.27 bits per heavy atom. The minimum absolute atomic E-state index is 0.0845. The van der Waals surface area contributed by atoms with Crippen molar-refractivity contribution in [3.8, 4) is 0 Å². The summed E-state index contributed by atoms with van der Waals surface area (Å²) in [4.78, 5) is 12.8. The molecule has 2 saturated heterocycles. The fourth-order valence-corrected chi connectivity index (χ4v) is 1.36. The number of fused-ring (bicyclic) bond motifs is 1. The van der Waals surface area contributed by atoms with Crippen molar-refractivity contribution < 1.29 is 4.79 Å². The molecule has 2 aliphatic heterocycles. The molecule has 2 fully saturated rings. The average Bonchev–Trinajstić information content (AvgIpc) is 2.34. The SMILES string of the molecule is NC1NC(=O)N2CCNC2N1. The molecule has 0 aromatic heterocycles. The second-order valence-electron chi connectivity index (χ2n) is 2.64. The first-order valence-electron chi connectivity index (χ1n) is 3.59. The summed E-state index contributed by atoms with van der Waals surface area (Å²) in [6.07, 6.45) is -0.520. The average molecular weight is 157 g/mol. The molecule has 6 heteroatoms. The number of carbonyl (C=O) groups is 1. The molecule has 0 bridgehead atoms. The van der Waals surface area contributed by atoms with Gasteiger partial charge in [0.05, 0.1) is 0 Å². The summed E-state index contributed by atoms with van der Waals surface area (Å²) in [5, 5.41) is 8.63. The van der Waals surface area contributed by atoms with Gasteiger partial charge in [-0.05, 0) is 0 Å². The van der Waals surface area contributed by atoms with Crippen LogP contribution in [0.2, 0.25) is 0 Å². The van der Waals surface area contributed by atoms with Crippen molar-refractivity contribution in [1.82, 2.24) is 20.9 Å². The number of urea groups is 1. The molecule has 0 radical (unpaired) electrons. The molecule has 11 heavy (non-hydrogen) atoms. The number of rotatable bonds is 0. The first-order valence-corrected chi connectivity index (χ1v) is 3.59. The lowest BCUT2D eigenvalue weighted by atomic mass is 10.5. The molecule has 0 saturated carbocycles. The Morgan fingerprint density at radius 2 is 2.45 bits per heavy atom. The van der Waals surface area contributed by atoms with Crippen LogP contribution in [-0.4, -0.2) is 36.6 Å². The molecule has 0 aromatic carbocycles. The van der Waals surface area contributed by atoms with Crippen LogP contribution >= 0.6 is 0 Å². The van der Waals surface area contributed by atoms with E-state index in [4.69, 9.17) is 5.73 Å². The molecule has 0 aromatic rings. The maximum absolute atomic E-state index is 11.1. The van der Waals surface area contributed by atoms with E-state index in [-0.39, 0.29) is 12.3 Å². The van der Waals surface area contributed by atoms with Gasteiger partial charge in [0.2, 0.25) is 0 Å². The number of nitrogens with two attached hydrogens (primary N) is 1. The highest BCUT2D eigenvalue weighted by Crippen LogP contribution is 2.04. The monoisotopic (exact) mass is 157 g/mol. The van der Waals surface area contributed by atoms with Crippen molar-refractivity contribution >= 4 is 6.03 Å². The van der Waals surface area contributed by atoms with Crippen LogP contribution < -0.4 is 21.7 Å². The Bertz CT molecular complexity index is 184. The summed E-state index contributed by atoms with van der Waals surface area (Å²) in [5.41, 5.74) is 5.47. The third kappa shape index (κ3) is 1.05. The molecule has 2 atom stereocenters. The highest BCUT2D eigenvalue weighted by molar-refractivity contribution is 5.75. The Balaban J connectivity index is 2.10. The lowest BCUT2D eigenvalue weighted by molar-refractivity contribution is 0.137. The summed E-state index contributed by atoms with van der Waals surface area (Å²) in [6, 6.07) is -0.105. The molecule has 2 unspecified atom stereocenters. The highest BCUT2D eigenvalue weighted by atomic mass is 16.2. The zero-order chi connectivity index (χ0) is 7.84. The predicted octanol–water partition coefficient (Wildman–Crippen LogP) is -2.27. The summed E-state index contributed by atoms with van der Waals surface area (Å²) < 4.78 is 0. The van der Waals surface area contributed by atoms with Gasteiger partial charge in [0.15, 0.2) is 0 Å². The third-order valence-corrected chi connectivity index (χ3v) is 1.88. The van der Waals surface area contributed by atoms with E-state index in [1.807, 2.05) is 0 Å². The summed E-state index contributed by atoms with van der Waals surface area (Å²) in [5.74, 6) is 0. The lowest BCUT2D eigenvalue weighted by Gasteiger charge is -2.34. The number of carbonyl (C=O) groups excluding carboxylic acids is 1. The fourth-order valence-electron chi connectivity index (χ4n) is 1.36. The second kappa shape index (κ2) is 2.33. The Labute approximate surface area is 64.1 Å². The lowest BCUT2D eigenvalue weighted by Crippen LogP contribution is -2.69. The normalized spacial score (nSPS) is 36.8. The molecule has 62 valence electrons. The van der Waals surface area contributed by atoms with E-state index in [1.165, 1.54) is 0 Å². The summed E-state index contributed by atoms with van der Waals surface area (Å²) in [7, 11) is 0. The Hall–Kier alpha value is -0.850. The number of amides is 2. The highest BCUT2D eigenvalue weighted by Gasteiger charge is 2.33. The van der Waals surface area contributed by atoms with E-state index < -0.39 is 6.29 Å². The zero-order valence-corrected chi connectivity index (χ0v) is 6.00. The van der Waals surface area contributed by atoms with Gasteiger partial charge in [-0.3, -0.25) is 21.3 Å². The van der Waals surface area contributed by atoms with E-state index in [0.29, 0.717) is 0 Å². The van der Waals surface area contributed by atoms with Crippen molar-refractivity contribution in [2.24, 2.45) is 5.73 Å².